The molecule has 0 aromatic heterocycles. The Balaban J connectivity index is 1.95. The summed E-state index contributed by atoms with van der Waals surface area (Å²) in [6.07, 6.45) is 0.615. The molecule has 176 valence electrons. The Morgan fingerprint density at radius 1 is 1.19 bits per heavy atom. The molecule has 2 N–H and O–H groups in total. The summed E-state index contributed by atoms with van der Waals surface area (Å²) in [5, 5.41) is 5.50. The molecule has 32 heavy (non-hydrogen) atoms. The molecule has 0 bridgehead atoms. The number of carbonyl (C=O) groups excluding carboxylic acids is 3. The molecule has 8 nitrogen and oxygen atoms in total. The molecule has 1 fully saturated rings. The maximum absolute atomic E-state index is 12.6. The van der Waals surface area contributed by atoms with Gasteiger partial charge < -0.3 is 19.7 Å². The number of thiocarbonyl (C=S) groups is 1. The molecule has 1 aromatic carbocycles. The molecule has 2 amide bonds. The molecule has 1 aromatic rings. The zero-order valence-electron chi connectivity index (χ0n) is 19.2. The highest BCUT2D eigenvalue weighted by Gasteiger charge is 2.34. The molecule has 1 heterocycles. The molecule has 0 saturated carbocycles. The fraction of sp³-hybridized carbons (Fsp3) is 0.565. The van der Waals surface area contributed by atoms with Crippen molar-refractivity contribution in [2.45, 2.75) is 46.6 Å². The van der Waals surface area contributed by atoms with Crippen LogP contribution in [-0.2, 0) is 14.3 Å². The van der Waals surface area contributed by atoms with Crippen LogP contribution in [-0.4, -0.2) is 60.1 Å². The number of hydrogen-bond acceptors (Lipinski definition) is 6. The van der Waals surface area contributed by atoms with Gasteiger partial charge in [-0.2, -0.15) is 0 Å². The van der Waals surface area contributed by atoms with E-state index in [1.54, 1.807) is 29.2 Å². The zero-order chi connectivity index (χ0) is 23.7. The van der Waals surface area contributed by atoms with Crippen LogP contribution >= 0.6 is 12.2 Å². The van der Waals surface area contributed by atoms with E-state index in [9.17, 15) is 14.4 Å². The molecule has 2 rings (SSSR count). The number of piperazine rings is 1. The van der Waals surface area contributed by atoms with Gasteiger partial charge >= 0.3 is 5.97 Å². The smallest absolute Gasteiger partial charge is 0.308 e. The number of carbonyl (C=O) groups is 3. The van der Waals surface area contributed by atoms with Crippen molar-refractivity contribution in [2.75, 3.05) is 26.3 Å². The van der Waals surface area contributed by atoms with Crippen LogP contribution in [0.1, 0.15) is 50.9 Å². The average molecular weight is 464 g/mol. The van der Waals surface area contributed by atoms with Crippen molar-refractivity contribution in [2.24, 2.45) is 11.8 Å². The van der Waals surface area contributed by atoms with E-state index in [4.69, 9.17) is 21.7 Å². The summed E-state index contributed by atoms with van der Waals surface area (Å²) in [4.78, 5) is 38.8. The first-order chi connectivity index (χ1) is 15.2. The van der Waals surface area contributed by atoms with E-state index in [0.29, 0.717) is 49.5 Å². The van der Waals surface area contributed by atoms with E-state index in [2.05, 4.69) is 24.5 Å². The number of ether oxygens (including phenoxy) is 2. The van der Waals surface area contributed by atoms with Crippen molar-refractivity contribution >= 4 is 35.1 Å². The minimum Gasteiger partial charge on any atom is -0.493 e. The number of rotatable bonds is 9. The molecule has 1 saturated heterocycles. The Hall–Kier alpha value is -2.68. The molecule has 9 heteroatoms. The standard InChI is InChI=1S/C23H33N3O5S/c1-15(2)9-12-30-20(27)13-19-22(29)24-10-11-26(19)23(32)25-21(28)17-5-7-18(8-6-17)31-14-16(3)4/h5-8,15-16,19H,9-14H2,1-4H3,(H,24,29)(H,25,28,32). The summed E-state index contributed by atoms with van der Waals surface area (Å²) in [7, 11) is 0. The Labute approximate surface area is 195 Å². The Kier molecular flexibility index (Phi) is 9.90. The Bertz CT molecular complexity index is 810. The number of hydrogen-bond donors (Lipinski definition) is 2. The first-order valence-electron chi connectivity index (χ1n) is 11.0. The molecular formula is C23H33N3O5S. The van der Waals surface area contributed by atoms with Gasteiger partial charge in [0.05, 0.1) is 19.6 Å². The van der Waals surface area contributed by atoms with Crippen LogP contribution in [0, 0.1) is 11.8 Å². The van der Waals surface area contributed by atoms with Crippen molar-refractivity contribution in [1.29, 1.82) is 0 Å². The third-order valence-electron chi connectivity index (χ3n) is 4.83. The van der Waals surface area contributed by atoms with Crippen LogP contribution in [0.5, 0.6) is 5.75 Å². The van der Waals surface area contributed by atoms with Crippen LogP contribution < -0.4 is 15.4 Å². The van der Waals surface area contributed by atoms with E-state index in [0.717, 1.165) is 6.42 Å². The first-order valence-corrected chi connectivity index (χ1v) is 11.4. The fourth-order valence-corrected chi connectivity index (χ4v) is 3.30. The van der Waals surface area contributed by atoms with E-state index in [-0.39, 0.29) is 17.4 Å². The second-order valence-electron chi connectivity index (χ2n) is 8.60. The van der Waals surface area contributed by atoms with Gasteiger partial charge in [0.2, 0.25) is 5.91 Å². The lowest BCUT2D eigenvalue weighted by Gasteiger charge is -2.36. The predicted molar refractivity (Wildman–Crippen MR) is 125 cm³/mol. The third-order valence-corrected chi connectivity index (χ3v) is 5.17. The maximum Gasteiger partial charge on any atom is 0.308 e. The minimum absolute atomic E-state index is 0.102. The number of benzene rings is 1. The van der Waals surface area contributed by atoms with Gasteiger partial charge in [0.15, 0.2) is 5.11 Å². The zero-order valence-corrected chi connectivity index (χ0v) is 20.0. The summed E-state index contributed by atoms with van der Waals surface area (Å²) in [5.41, 5.74) is 0.412. The first kappa shape index (κ1) is 25.6. The summed E-state index contributed by atoms with van der Waals surface area (Å²) in [5.74, 6) is 0.314. The highest BCUT2D eigenvalue weighted by molar-refractivity contribution is 7.80. The summed E-state index contributed by atoms with van der Waals surface area (Å²) in [6, 6.07) is 5.94. The molecule has 1 unspecified atom stereocenters. The van der Waals surface area contributed by atoms with Gasteiger partial charge in [-0.3, -0.25) is 19.7 Å². The van der Waals surface area contributed by atoms with E-state index < -0.39 is 17.9 Å². The second-order valence-corrected chi connectivity index (χ2v) is 8.98. The van der Waals surface area contributed by atoms with Crippen LogP contribution in [0.2, 0.25) is 0 Å². The summed E-state index contributed by atoms with van der Waals surface area (Å²) in [6.45, 7) is 9.85. The van der Waals surface area contributed by atoms with Gasteiger partial charge in [-0.1, -0.05) is 27.7 Å². The van der Waals surface area contributed by atoms with Gasteiger partial charge in [-0.05, 0) is 54.7 Å². The van der Waals surface area contributed by atoms with Crippen LogP contribution in [0.25, 0.3) is 0 Å². The second kappa shape index (κ2) is 12.4. The molecule has 1 aliphatic rings. The number of nitrogens with zero attached hydrogens (tertiary/aromatic N) is 1. The molecule has 1 atom stereocenters. The number of amides is 2. The lowest BCUT2D eigenvalue weighted by Crippen LogP contribution is -2.60. The minimum atomic E-state index is -0.824. The summed E-state index contributed by atoms with van der Waals surface area (Å²) >= 11 is 5.39. The van der Waals surface area contributed by atoms with E-state index in [1.165, 1.54) is 0 Å². The van der Waals surface area contributed by atoms with Crippen molar-refractivity contribution in [3.8, 4) is 5.75 Å². The predicted octanol–water partition coefficient (Wildman–Crippen LogP) is 2.52. The number of esters is 1. The lowest BCUT2D eigenvalue weighted by molar-refractivity contribution is -0.147. The van der Waals surface area contributed by atoms with Gasteiger partial charge in [0, 0.05) is 18.7 Å². The van der Waals surface area contributed by atoms with Gasteiger partial charge in [-0.15, -0.1) is 0 Å². The van der Waals surface area contributed by atoms with E-state index >= 15 is 0 Å². The maximum atomic E-state index is 12.6. The van der Waals surface area contributed by atoms with Crippen molar-refractivity contribution < 1.29 is 23.9 Å². The third kappa shape index (κ3) is 8.11. The Morgan fingerprint density at radius 2 is 1.88 bits per heavy atom. The molecule has 0 spiro atoms. The van der Waals surface area contributed by atoms with Crippen molar-refractivity contribution in [3.63, 3.8) is 0 Å². The van der Waals surface area contributed by atoms with Gasteiger partial charge in [0.1, 0.15) is 11.8 Å². The highest BCUT2D eigenvalue weighted by atomic mass is 32.1. The molecule has 0 aliphatic carbocycles. The normalized spacial score (nSPS) is 16.0. The Morgan fingerprint density at radius 3 is 2.50 bits per heavy atom. The topological polar surface area (TPSA) is 97.0 Å². The van der Waals surface area contributed by atoms with Gasteiger partial charge in [0.25, 0.3) is 5.91 Å². The van der Waals surface area contributed by atoms with Crippen molar-refractivity contribution in [1.82, 2.24) is 15.5 Å². The molecular weight excluding hydrogens is 430 g/mol. The highest BCUT2D eigenvalue weighted by Crippen LogP contribution is 2.15. The summed E-state index contributed by atoms with van der Waals surface area (Å²) < 4.78 is 10.9. The van der Waals surface area contributed by atoms with Crippen molar-refractivity contribution in [3.05, 3.63) is 29.8 Å². The van der Waals surface area contributed by atoms with Crippen LogP contribution in [0.3, 0.4) is 0 Å². The fourth-order valence-electron chi connectivity index (χ4n) is 2.99. The average Bonchev–Trinajstić information content (AvgIpc) is 2.73. The lowest BCUT2D eigenvalue weighted by atomic mass is 10.1. The van der Waals surface area contributed by atoms with Gasteiger partial charge in [-0.25, -0.2) is 0 Å². The van der Waals surface area contributed by atoms with E-state index in [1.807, 2.05) is 13.8 Å². The SMILES string of the molecule is CC(C)CCOC(=O)CC1C(=O)NCCN1C(=S)NC(=O)c1ccc(OCC(C)C)cc1. The molecule has 1 aliphatic heterocycles. The quantitative estimate of drug-likeness (QED) is 0.429. The molecule has 0 radical (unpaired) electrons. The van der Waals surface area contributed by atoms with Crippen LogP contribution in [0.15, 0.2) is 24.3 Å². The van der Waals surface area contributed by atoms with Crippen LogP contribution in [0.4, 0.5) is 0 Å². The largest absolute Gasteiger partial charge is 0.493 e. The number of nitrogens with one attached hydrogen (secondary N) is 2. The monoisotopic (exact) mass is 463 g/mol.